The maximum atomic E-state index is 14.2. The SMILES string of the molecule is COCc1c(C(=O)NC2CCCCC2CN)sc2cccc(F)c12. The highest BCUT2D eigenvalue weighted by Gasteiger charge is 2.28. The van der Waals surface area contributed by atoms with Gasteiger partial charge in [-0.2, -0.15) is 0 Å². The fraction of sp³-hybridized carbons (Fsp3) is 0.500. The lowest BCUT2D eigenvalue weighted by Crippen LogP contribution is -2.44. The van der Waals surface area contributed by atoms with E-state index < -0.39 is 0 Å². The van der Waals surface area contributed by atoms with Crippen LogP contribution in [0.5, 0.6) is 0 Å². The quantitative estimate of drug-likeness (QED) is 0.868. The number of amides is 1. The van der Waals surface area contributed by atoms with Gasteiger partial charge in [-0.05, 0) is 37.4 Å². The van der Waals surface area contributed by atoms with Crippen molar-refractivity contribution in [3.63, 3.8) is 0 Å². The maximum absolute atomic E-state index is 14.2. The van der Waals surface area contributed by atoms with E-state index in [1.165, 1.54) is 17.4 Å². The van der Waals surface area contributed by atoms with Crippen LogP contribution in [0.25, 0.3) is 10.1 Å². The molecule has 1 aromatic carbocycles. The summed E-state index contributed by atoms with van der Waals surface area (Å²) in [6.07, 6.45) is 4.27. The molecule has 1 aromatic heterocycles. The first-order chi connectivity index (χ1) is 11.7. The van der Waals surface area contributed by atoms with Gasteiger partial charge in [-0.25, -0.2) is 4.39 Å². The highest BCUT2D eigenvalue weighted by Crippen LogP contribution is 2.34. The highest BCUT2D eigenvalue weighted by molar-refractivity contribution is 7.21. The Morgan fingerprint density at radius 1 is 1.42 bits per heavy atom. The number of halogens is 1. The van der Waals surface area contributed by atoms with Crippen LogP contribution < -0.4 is 11.1 Å². The molecule has 4 nitrogen and oxygen atoms in total. The molecule has 3 N–H and O–H groups in total. The molecule has 1 saturated carbocycles. The minimum absolute atomic E-state index is 0.0988. The summed E-state index contributed by atoms with van der Waals surface area (Å²) in [4.78, 5) is 13.4. The van der Waals surface area contributed by atoms with Crippen LogP contribution in [-0.2, 0) is 11.3 Å². The van der Waals surface area contributed by atoms with Crippen LogP contribution in [0, 0.1) is 11.7 Å². The molecule has 24 heavy (non-hydrogen) atoms. The number of thiophene rings is 1. The van der Waals surface area contributed by atoms with E-state index in [4.69, 9.17) is 10.5 Å². The molecule has 1 aliphatic rings. The fourth-order valence-corrected chi connectivity index (χ4v) is 4.67. The molecule has 0 saturated heterocycles. The number of methoxy groups -OCH3 is 1. The molecule has 1 heterocycles. The Labute approximate surface area is 145 Å². The highest BCUT2D eigenvalue weighted by atomic mass is 32.1. The predicted octanol–water partition coefficient (Wildman–Crippen LogP) is 3.43. The van der Waals surface area contributed by atoms with Gasteiger partial charge in [-0.3, -0.25) is 4.79 Å². The monoisotopic (exact) mass is 350 g/mol. The summed E-state index contributed by atoms with van der Waals surface area (Å²) in [6, 6.07) is 5.02. The number of ether oxygens (including phenoxy) is 1. The molecule has 0 radical (unpaired) electrons. The summed E-state index contributed by atoms with van der Waals surface area (Å²) < 4.78 is 20.2. The minimum Gasteiger partial charge on any atom is -0.380 e. The fourth-order valence-electron chi connectivity index (χ4n) is 3.55. The summed E-state index contributed by atoms with van der Waals surface area (Å²) >= 11 is 1.32. The van der Waals surface area contributed by atoms with Crippen molar-refractivity contribution in [2.24, 2.45) is 11.7 Å². The smallest absolute Gasteiger partial charge is 0.261 e. The molecule has 2 unspecified atom stereocenters. The summed E-state index contributed by atoms with van der Waals surface area (Å²) in [5.41, 5.74) is 6.48. The van der Waals surface area contributed by atoms with Gasteiger partial charge in [-0.15, -0.1) is 11.3 Å². The second-order valence-corrected chi connectivity index (χ2v) is 7.37. The Hall–Kier alpha value is -1.50. The molecule has 6 heteroatoms. The lowest BCUT2D eigenvalue weighted by Gasteiger charge is -2.31. The van der Waals surface area contributed by atoms with Gasteiger partial charge in [0.25, 0.3) is 5.91 Å². The zero-order valence-corrected chi connectivity index (χ0v) is 14.6. The van der Waals surface area contributed by atoms with Gasteiger partial charge >= 0.3 is 0 Å². The normalized spacial score (nSPS) is 21.1. The largest absolute Gasteiger partial charge is 0.380 e. The number of fused-ring (bicyclic) bond motifs is 1. The van der Waals surface area contributed by atoms with E-state index in [-0.39, 0.29) is 24.4 Å². The Morgan fingerprint density at radius 3 is 2.96 bits per heavy atom. The van der Waals surface area contributed by atoms with Crippen LogP contribution in [0.3, 0.4) is 0 Å². The molecule has 0 bridgehead atoms. The van der Waals surface area contributed by atoms with Crippen molar-refractivity contribution >= 4 is 27.3 Å². The summed E-state index contributed by atoms with van der Waals surface area (Å²) in [7, 11) is 1.55. The van der Waals surface area contributed by atoms with Crippen molar-refractivity contribution in [3.05, 3.63) is 34.5 Å². The average molecular weight is 350 g/mol. The number of hydrogen-bond acceptors (Lipinski definition) is 4. The van der Waals surface area contributed by atoms with Gasteiger partial charge in [0.1, 0.15) is 5.82 Å². The van der Waals surface area contributed by atoms with Crippen molar-refractivity contribution in [2.75, 3.05) is 13.7 Å². The molecule has 1 fully saturated rings. The van der Waals surface area contributed by atoms with E-state index >= 15 is 0 Å². The van der Waals surface area contributed by atoms with E-state index in [2.05, 4.69) is 5.32 Å². The van der Waals surface area contributed by atoms with Gasteiger partial charge in [0.2, 0.25) is 0 Å². The Bertz CT molecular complexity index is 731. The van der Waals surface area contributed by atoms with E-state index in [1.807, 2.05) is 6.07 Å². The summed E-state index contributed by atoms with van der Waals surface area (Å²) in [5, 5.41) is 3.62. The second kappa shape index (κ2) is 7.59. The van der Waals surface area contributed by atoms with Gasteiger partial charge < -0.3 is 15.8 Å². The lowest BCUT2D eigenvalue weighted by molar-refractivity contribution is 0.0908. The summed E-state index contributed by atoms with van der Waals surface area (Å²) in [5.74, 6) is -0.139. The van der Waals surface area contributed by atoms with Crippen molar-refractivity contribution < 1.29 is 13.9 Å². The third-order valence-corrected chi connectivity index (χ3v) is 5.98. The number of nitrogens with one attached hydrogen (secondary N) is 1. The number of nitrogens with two attached hydrogens (primary N) is 1. The number of benzene rings is 1. The molecular formula is C18H23FN2O2S. The van der Waals surface area contributed by atoms with Crippen LogP contribution in [0.2, 0.25) is 0 Å². The molecule has 3 rings (SSSR count). The van der Waals surface area contributed by atoms with Crippen LogP contribution in [0.1, 0.15) is 40.9 Å². The van der Waals surface area contributed by atoms with Gasteiger partial charge in [0.15, 0.2) is 0 Å². The van der Waals surface area contributed by atoms with Crippen LogP contribution in [0.4, 0.5) is 4.39 Å². The topological polar surface area (TPSA) is 64.3 Å². The van der Waals surface area contributed by atoms with E-state index in [9.17, 15) is 9.18 Å². The summed E-state index contributed by atoms with van der Waals surface area (Å²) in [6.45, 7) is 0.797. The first-order valence-electron chi connectivity index (χ1n) is 8.35. The standard InChI is InChI=1S/C18H23FN2O2S/c1-23-10-12-16-13(19)6-4-8-15(16)24-17(12)18(22)21-14-7-3-2-5-11(14)9-20/h4,6,8,11,14H,2-3,5,7,9-10,20H2,1H3,(H,21,22). The minimum atomic E-state index is -0.313. The number of hydrogen-bond donors (Lipinski definition) is 2. The Balaban J connectivity index is 1.91. The molecule has 1 aliphatic carbocycles. The predicted molar refractivity (Wildman–Crippen MR) is 94.8 cm³/mol. The zero-order valence-electron chi connectivity index (χ0n) is 13.8. The van der Waals surface area contributed by atoms with Crippen LogP contribution in [-0.4, -0.2) is 25.6 Å². The molecule has 1 amide bonds. The van der Waals surface area contributed by atoms with Gasteiger partial charge in [0.05, 0.1) is 11.5 Å². The lowest BCUT2D eigenvalue weighted by atomic mass is 9.84. The molecular weight excluding hydrogens is 327 g/mol. The Morgan fingerprint density at radius 2 is 2.21 bits per heavy atom. The zero-order chi connectivity index (χ0) is 17.1. The molecule has 2 atom stereocenters. The number of carbonyl (C=O) groups excluding carboxylic acids is 1. The molecule has 2 aromatic rings. The Kier molecular flexibility index (Phi) is 5.48. The van der Waals surface area contributed by atoms with Crippen molar-refractivity contribution in [1.29, 1.82) is 0 Å². The van der Waals surface area contributed by atoms with E-state index in [0.717, 1.165) is 30.4 Å². The van der Waals surface area contributed by atoms with Crippen molar-refractivity contribution in [3.8, 4) is 0 Å². The van der Waals surface area contributed by atoms with Crippen molar-refractivity contribution in [1.82, 2.24) is 5.32 Å². The van der Waals surface area contributed by atoms with Gasteiger partial charge in [0, 0.05) is 28.8 Å². The average Bonchev–Trinajstić information content (AvgIpc) is 2.96. The van der Waals surface area contributed by atoms with Gasteiger partial charge in [-0.1, -0.05) is 18.9 Å². The molecule has 0 spiro atoms. The van der Waals surface area contributed by atoms with Crippen molar-refractivity contribution in [2.45, 2.75) is 38.3 Å². The van der Waals surface area contributed by atoms with E-state index in [1.54, 1.807) is 13.2 Å². The van der Waals surface area contributed by atoms with Crippen LogP contribution in [0.15, 0.2) is 18.2 Å². The second-order valence-electron chi connectivity index (χ2n) is 6.32. The molecule has 130 valence electrons. The third-order valence-electron chi connectivity index (χ3n) is 4.79. The van der Waals surface area contributed by atoms with Crippen LogP contribution >= 0.6 is 11.3 Å². The van der Waals surface area contributed by atoms with E-state index in [0.29, 0.717) is 28.3 Å². The maximum Gasteiger partial charge on any atom is 0.261 e. The number of carbonyl (C=O) groups is 1. The molecule has 0 aliphatic heterocycles. The third kappa shape index (κ3) is 3.31. The first kappa shape index (κ1) is 17.3. The number of rotatable bonds is 5. The first-order valence-corrected chi connectivity index (χ1v) is 9.17.